The number of aryl methyl sites for hydroxylation is 1. The highest BCUT2D eigenvalue weighted by Gasteiger charge is 2.24. The van der Waals surface area contributed by atoms with Crippen LogP contribution >= 0.6 is 0 Å². The van der Waals surface area contributed by atoms with Crippen LogP contribution in [0.3, 0.4) is 0 Å². The van der Waals surface area contributed by atoms with Crippen LogP contribution in [0.2, 0.25) is 0 Å². The fourth-order valence-electron chi connectivity index (χ4n) is 2.77. The molecule has 5 heteroatoms. The number of benzene rings is 1. The lowest BCUT2D eigenvalue weighted by molar-refractivity contribution is 0.408. The van der Waals surface area contributed by atoms with E-state index < -0.39 is 10.0 Å². The van der Waals surface area contributed by atoms with E-state index in [0.29, 0.717) is 5.84 Å². The van der Waals surface area contributed by atoms with Gasteiger partial charge in [-0.1, -0.05) is 37.0 Å². The molecule has 4 nitrogen and oxygen atoms in total. The number of rotatable bonds is 3. The number of hydrogen-bond donors (Lipinski definition) is 0. The van der Waals surface area contributed by atoms with Gasteiger partial charge >= 0.3 is 0 Å². The molecule has 0 aromatic heterocycles. The molecule has 21 heavy (non-hydrogen) atoms. The zero-order chi connectivity index (χ0) is 15.5. The van der Waals surface area contributed by atoms with Gasteiger partial charge in [-0.2, -0.15) is 8.42 Å². The maximum Gasteiger partial charge on any atom is 0.283 e. The number of amidine groups is 1. The van der Waals surface area contributed by atoms with Crippen LogP contribution < -0.4 is 0 Å². The summed E-state index contributed by atoms with van der Waals surface area (Å²) in [7, 11) is 0.122. The molecule has 0 N–H and O–H groups in total. The molecule has 0 unspecified atom stereocenters. The maximum absolute atomic E-state index is 12.5. The molecule has 0 bridgehead atoms. The molecule has 1 aliphatic rings. The van der Waals surface area contributed by atoms with Crippen molar-refractivity contribution in [3.05, 3.63) is 29.8 Å². The summed E-state index contributed by atoms with van der Waals surface area (Å²) in [6.07, 6.45) is 5.60. The van der Waals surface area contributed by atoms with Gasteiger partial charge in [0, 0.05) is 20.0 Å². The molecule has 0 radical (unpaired) electrons. The van der Waals surface area contributed by atoms with Crippen LogP contribution in [0.1, 0.15) is 37.7 Å². The highest BCUT2D eigenvalue weighted by molar-refractivity contribution is 7.90. The van der Waals surface area contributed by atoms with E-state index in [1.807, 2.05) is 25.9 Å². The van der Waals surface area contributed by atoms with Gasteiger partial charge in [0.2, 0.25) is 0 Å². The normalized spacial score (nSPS) is 17.8. The van der Waals surface area contributed by atoms with Crippen molar-refractivity contribution in [3.8, 4) is 0 Å². The average Bonchev–Trinajstić information content (AvgIpc) is 2.46. The lowest BCUT2D eigenvalue weighted by Gasteiger charge is -2.27. The van der Waals surface area contributed by atoms with Gasteiger partial charge in [0.05, 0.1) is 4.90 Å². The highest BCUT2D eigenvalue weighted by Crippen LogP contribution is 2.27. The van der Waals surface area contributed by atoms with E-state index in [-0.39, 0.29) is 10.8 Å². The van der Waals surface area contributed by atoms with Crippen LogP contribution in [0.5, 0.6) is 0 Å². The summed E-state index contributed by atoms with van der Waals surface area (Å²) in [6.45, 7) is 1.94. The van der Waals surface area contributed by atoms with Crippen molar-refractivity contribution in [2.24, 2.45) is 10.3 Å². The lowest BCUT2D eigenvalue weighted by atomic mass is 9.88. The van der Waals surface area contributed by atoms with Crippen molar-refractivity contribution in [3.63, 3.8) is 0 Å². The van der Waals surface area contributed by atoms with Gasteiger partial charge in [0.1, 0.15) is 5.84 Å². The second-order valence-electron chi connectivity index (χ2n) is 5.97. The minimum Gasteiger partial charge on any atom is -0.365 e. The summed E-state index contributed by atoms with van der Waals surface area (Å²) in [5.74, 6) is 0.948. The van der Waals surface area contributed by atoms with E-state index in [4.69, 9.17) is 0 Å². The Bertz CT molecular complexity index is 598. The van der Waals surface area contributed by atoms with Crippen LogP contribution in [0.15, 0.2) is 33.6 Å². The van der Waals surface area contributed by atoms with Crippen LogP contribution in [0, 0.1) is 12.8 Å². The number of hydrogen-bond acceptors (Lipinski definition) is 2. The molecule has 0 heterocycles. The first-order valence-corrected chi connectivity index (χ1v) is 8.93. The van der Waals surface area contributed by atoms with E-state index >= 15 is 0 Å². The van der Waals surface area contributed by atoms with E-state index in [9.17, 15) is 8.42 Å². The fourth-order valence-corrected chi connectivity index (χ4v) is 3.91. The van der Waals surface area contributed by atoms with E-state index in [1.54, 1.807) is 24.3 Å². The van der Waals surface area contributed by atoms with Gasteiger partial charge in [0.25, 0.3) is 10.0 Å². The van der Waals surface area contributed by atoms with Crippen molar-refractivity contribution in [1.82, 2.24) is 4.90 Å². The van der Waals surface area contributed by atoms with E-state index in [2.05, 4.69) is 4.40 Å². The predicted molar refractivity (Wildman–Crippen MR) is 86.1 cm³/mol. The molecule has 116 valence electrons. The van der Waals surface area contributed by atoms with E-state index in [0.717, 1.165) is 31.2 Å². The third-order valence-electron chi connectivity index (χ3n) is 3.96. The molecule has 1 aromatic rings. The lowest BCUT2D eigenvalue weighted by Crippen LogP contribution is -2.32. The summed E-state index contributed by atoms with van der Waals surface area (Å²) in [5.41, 5.74) is 1.04. The van der Waals surface area contributed by atoms with Crippen molar-refractivity contribution in [2.75, 3.05) is 14.1 Å². The van der Waals surface area contributed by atoms with Crippen molar-refractivity contribution < 1.29 is 8.42 Å². The molecule has 0 saturated heterocycles. The van der Waals surface area contributed by atoms with Crippen molar-refractivity contribution in [2.45, 2.75) is 43.9 Å². The number of nitrogens with zero attached hydrogens (tertiary/aromatic N) is 2. The molecular weight excluding hydrogens is 284 g/mol. The summed E-state index contributed by atoms with van der Waals surface area (Å²) in [6, 6.07) is 6.86. The van der Waals surface area contributed by atoms with Crippen LogP contribution in [-0.2, 0) is 10.0 Å². The summed E-state index contributed by atoms with van der Waals surface area (Å²) < 4.78 is 29.1. The quantitative estimate of drug-likeness (QED) is 0.636. The maximum atomic E-state index is 12.5. The molecular formula is C16H24N2O2S. The van der Waals surface area contributed by atoms with Crippen LogP contribution in [-0.4, -0.2) is 33.2 Å². The molecule has 0 aliphatic heterocycles. The van der Waals surface area contributed by atoms with Gasteiger partial charge < -0.3 is 4.90 Å². The largest absolute Gasteiger partial charge is 0.365 e. The smallest absolute Gasteiger partial charge is 0.283 e. The van der Waals surface area contributed by atoms with Crippen LogP contribution in [0.25, 0.3) is 0 Å². The minimum atomic E-state index is -3.62. The van der Waals surface area contributed by atoms with Crippen molar-refractivity contribution in [1.29, 1.82) is 0 Å². The minimum absolute atomic E-state index is 0.258. The Morgan fingerprint density at radius 1 is 1.10 bits per heavy atom. The van der Waals surface area contributed by atoms with Crippen LogP contribution in [0.4, 0.5) is 0 Å². The molecule has 1 fully saturated rings. The van der Waals surface area contributed by atoms with Crippen molar-refractivity contribution >= 4 is 15.9 Å². The third-order valence-corrected chi connectivity index (χ3v) is 5.26. The second kappa shape index (κ2) is 6.60. The molecule has 2 rings (SSSR count). The zero-order valence-electron chi connectivity index (χ0n) is 13.0. The Morgan fingerprint density at radius 3 is 2.19 bits per heavy atom. The molecule has 0 spiro atoms. The van der Waals surface area contributed by atoms with Gasteiger partial charge in [0.15, 0.2) is 0 Å². The Balaban J connectivity index is 2.33. The Labute approximate surface area is 127 Å². The van der Waals surface area contributed by atoms with Gasteiger partial charge in [-0.25, -0.2) is 0 Å². The summed E-state index contributed by atoms with van der Waals surface area (Å²) >= 11 is 0. The molecule has 0 amide bonds. The fraction of sp³-hybridized carbons (Fsp3) is 0.562. The third kappa shape index (κ3) is 4.06. The summed E-state index contributed by atoms with van der Waals surface area (Å²) in [4.78, 5) is 2.12. The Hall–Kier alpha value is -1.36. The molecule has 1 aliphatic carbocycles. The molecule has 1 aromatic carbocycles. The monoisotopic (exact) mass is 308 g/mol. The summed E-state index contributed by atoms with van der Waals surface area (Å²) in [5, 5.41) is 0. The first-order valence-electron chi connectivity index (χ1n) is 7.49. The first kappa shape index (κ1) is 16.0. The Morgan fingerprint density at radius 2 is 1.67 bits per heavy atom. The van der Waals surface area contributed by atoms with Gasteiger partial charge in [-0.3, -0.25) is 0 Å². The number of sulfonamides is 1. The second-order valence-corrected chi connectivity index (χ2v) is 7.57. The first-order chi connectivity index (χ1) is 9.90. The van der Waals surface area contributed by atoms with Gasteiger partial charge in [-0.05, 0) is 31.9 Å². The highest BCUT2D eigenvalue weighted by atomic mass is 32.2. The molecule has 1 saturated carbocycles. The molecule has 0 atom stereocenters. The van der Waals surface area contributed by atoms with E-state index in [1.165, 1.54) is 6.42 Å². The average molecular weight is 308 g/mol. The van der Waals surface area contributed by atoms with Gasteiger partial charge in [-0.15, -0.1) is 4.40 Å². The predicted octanol–water partition coefficient (Wildman–Crippen LogP) is 3.22. The SMILES string of the molecule is Cc1ccc(S(=O)(=O)/N=C(\C2CCCCC2)N(C)C)cc1. The Kier molecular flexibility index (Phi) is 5.04. The zero-order valence-corrected chi connectivity index (χ0v) is 13.9. The standard InChI is InChI=1S/C16H24N2O2S/c1-13-9-11-15(12-10-13)21(19,20)17-16(18(2)3)14-7-5-4-6-8-14/h9-12,14H,4-8H2,1-3H3/b17-16+. The topological polar surface area (TPSA) is 49.7 Å².